The Morgan fingerprint density at radius 2 is 2.24 bits per heavy atom. The van der Waals surface area contributed by atoms with Crippen LogP contribution >= 0.6 is 0 Å². The molecule has 25 heavy (non-hydrogen) atoms. The van der Waals surface area contributed by atoms with E-state index in [0.29, 0.717) is 6.54 Å². The van der Waals surface area contributed by atoms with Crippen molar-refractivity contribution in [2.24, 2.45) is 0 Å². The summed E-state index contributed by atoms with van der Waals surface area (Å²) in [5, 5.41) is 6.32. The third kappa shape index (κ3) is 3.39. The van der Waals surface area contributed by atoms with Gasteiger partial charge in [0.2, 0.25) is 5.91 Å². The van der Waals surface area contributed by atoms with Crippen LogP contribution in [0, 0.1) is 0 Å². The number of benzene rings is 1. The normalized spacial score (nSPS) is 19.2. The number of nitrogens with zero attached hydrogens (tertiary/aromatic N) is 2. The number of rotatable bonds is 5. The molecule has 6 nitrogen and oxygen atoms in total. The van der Waals surface area contributed by atoms with Crippen LogP contribution in [0.5, 0.6) is 0 Å². The first kappa shape index (κ1) is 16.1. The minimum Gasteiger partial charge on any atom is -0.371 e. The number of carbonyl (C=O) groups is 1. The summed E-state index contributed by atoms with van der Waals surface area (Å²) in [7, 11) is 0. The molecule has 0 spiro atoms. The van der Waals surface area contributed by atoms with E-state index in [1.807, 2.05) is 0 Å². The maximum Gasteiger partial charge on any atom is 0.243 e. The molecule has 1 aromatic heterocycles. The predicted octanol–water partition coefficient (Wildman–Crippen LogP) is 1.56. The molecule has 0 radical (unpaired) electrons. The van der Waals surface area contributed by atoms with E-state index >= 15 is 0 Å². The van der Waals surface area contributed by atoms with Crippen molar-refractivity contribution >= 4 is 11.6 Å². The van der Waals surface area contributed by atoms with Gasteiger partial charge in [0.1, 0.15) is 6.04 Å². The fourth-order valence-electron chi connectivity index (χ4n) is 3.86. The summed E-state index contributed by atoms with van der Waals surface area (Å²) < 4.78 is 0. The van der Waals surface area contributed by atoms with Crippen molar-refractivity contribution in [1.82, 2.24) is 20.6 Å². The quantitative estimate of drug-likeness (QED) is 0.723. The average Bonchev–Trinajstić information content (AvgIpc) is 3.14. The first-order valence-electron chi connectivity index (χ1n) is 9.19. The summed E-state index contributed by atoms with van der Waals surface area (Å²) in [6, 6.07) is 8.32. The lowest BCUT2D eigenvalue weighted by Gasteiger charge is -2.31. The van der Waals surface area contributed by atoms with Gasteiger partial charge in [-0.2, -0.15) is 0 Å². The number of hydrogen-bond acceptors (Lipinski definition) is 4. The van der Waals surface area contributed by atoms with Crippen LogP contribution < -0.4 is 15.5 Å². The van der Waals surface area contributed by atoms with E-state index in [0.717, 1.165) is 43.9 Å². The van der Waals surface area contributed by atoms with E-state index in [9.17, 15) is 4.79 Å². The Morgan fingerprint density at radius 3 is 3.20 bits per heavy atom. The van der Waals surface area contributed by atoms with Crippen LogP contribution in [-0.4, -0.2) is 42.1 Å². The number of nitrogens with one attached hydrogen (secondary N) is 3. The Morgan fingerprint density at radius 1 is 1.32 bits per heavy atom. The molecule has 3 N–H and O–H groups in total. The zero-order chi connectivity index (χ0) is 17.1. The highest BCUT2D eigenvalue weighted by molar-refractivity contribution is 5.83. The van der Waals surface area contributed by atoms with Crippen molar-refractivity contribution in [2.45, 2.75) is 31.7 Å². The van der Waals surface area contributed by atoms with Crippen molar-refractivity contribution < 1.29 is 4.79 Å². The molecule has 132 valence electrons. The Labute approximate surface area is 148 Å². The van der Waals surface area contributed by atoms with Gasteiger partial charge >= 0.3 is 0 Å². The Hall–Kier alpha value is -2.34. The molecule has 2 aliphatic heterocycles. The van der Waals surface area contributed by atoms with E-state index in [2.05, 4.69) is 49.8 Å². The Kier molecular flexibility index (Phi) is 4.70. The predicted molar refractivity (Wildman–Crippen MR) is 97.6 cm³/mol. The molecule has 3 heterocycles. The zero-order valence-electron chi connectivity index (χ0n) is 14.4. The molecule has 1 unspecified atom stereocenters. The third-order valence-corrected chi connectivity index (χ3v) is 5.12. The molecule has 1 atom stereocenters. The molecular weight excluding hydrogens is 314 g/mol. The highest BCUT2D eigenvalue weighted by Crippen LogP contribution is 2.26. The summed E-state index contributed by atoms with van der Waals surface area (Å²) in [6.07, 6.45) is 5.89. The van der Waals surface area contributed by atoms with Gasteiger partial charge in [0, 0.05) is 44.0 Å². The SMILES string of the molecule is O=C(NCCCN1CCCc2ccccc21)C1NCCc2[nH]cnc21. The Bertz CT molecular complexity index is 741. The first-order valence-corrected chi connectivity index (χ1v) is 9.19. The van der Waals surface area contributed by atoms with Gasteiger partial charge in [-0.05, 0) is 30.9 Å². The molecule has 2 aromatic rings. The second-order valence-electron chi connectivity index (χ2n) is 6.77. The lowest BCUT2D eigenvalue weighted by Crippen LogP contribution is -2.42. The minimum atomic E-state index is -0.328. The molecule has 0 saturated heterocycles. The maximum absolute atomic E-state index is 12.5. The van der Waals surface area contributed by atoms with Gasteiger partial charge in [-0.25, -0.2) is 4.98 Å². The smallest absolute Gasteiger partial charge is 0.243 e. The number of aryl methyl sites for hydroxylation is 1. The van der Waals surface area contributed by atoms with Crippen LogP contribution in [0.4, 0.5) is 5.69 Å². The van der Waals surface area contributed by atoms with Crippen LogP contribution in [0.3, 0.4) is 0 Å². The van der Waals surface area contributed by atoms with Gasteiger partial charge in [0.15, 0.2) is 0 Å². The fourth-order valence-corrected chi connectivity index (χ4v) is 3.86. The number of anilines is 1. The van der Waals surface area contributed by atoms with Crippen molar-refractivity contribution in [1.29, 1.82) is 0 Å². The van der Waals surface area contributed by atoms with E-state index in [1.54, 1.807) is 6.33 Å². The van der Waals surface area contributed by atoms with Gasteiger partial charge in [0.25, 0.3) is 0 Å². The van der Waals surface area contributed by atoms with E-state index in [4.69, 9.17) is 0 Å². The number of aromatic nitrogens is 2. The van der Waals surface area contributed by atoms with Gasteiger partial charge in [-0.1, -0.05) is 18.2 Å². The molecule has 2 aliphatic rings. The molecule has 0 saturated carbocycles. The average molecular weight is 339 g/mol. The molecule has 1 aromatic carbocycles. The highest BCUT2D eigenvalue weighted by atomic mass is 16.2. The summed E-state index contributed by atoms with van der Waals surface area (Å²) in [5.74, 6) is 0.0205. The largest absolute Gasteiger partial charge is 0.371 e. The number of H-pyrrole nitrogens is 1. The monoisotopic (exact) mass is 339 g/mol. The molecule has 6 heteroatoms. The van der Waals surface area contributed by atoms with Crippen molar-refractivity contribution in [3.05, 3.63) is 47.5 Å². The lowest BCUT2D eigenvalue weighted by molar-refractivity contribution is -0.123. The molecule has 0 fully saturated rings. The number of fused-ring (bicyclic) bond motifs is 2. The van der Waals surface area contributed by atoms with Gasteiger partial charge in [-0.15, -0.1) is 0 Å². The standard InChI is InChI=1S/C19H25N5O/c25-19(18-17-15(8-10-20-18)22-13-23-17)21-9-4-12-24-11-3-6-14-5-1-2-7-16(14)24/h1-2,5,7,13,18,20H,3-4,6,8-12H2,(H,21,25)(H,22,23). The second kappa shape index (κ2) is 7.27. The zero-order valence-corrected chi connectivity index (χ0v) is 14.4. The second-order valence-corrected chi connectivity index (χ2v) is 6.77. The molecule has 0 aliphatic carbocycles. The molecular formula is C19H25N5O. The summed E-state index contributed by atoms with van der Waals surface area (Å²) in [5.41, 5.74) is 4.71. The first-order chi connectivity index (χ1) is 12.3. The topological polar surface area (TPSA) is 73.1 Å². The van der Waals surface area contributed by atoms with Gasteiger partial charge < -0.3 is 20.5 Å². The fraction of sp³-hybridized carbons (Fsp3) is 0.474. The van der Waals surface area contributed by atoms with E-state index in [-0.39, 0.29) is 11.9 Å². The molecule has 0 bridgehead atoms. The number of imidazole rings is 1. The maximum atomic E-state index is 12.5. The Balaban J connectivity index is 1.28. The highest BCUT2D eigenvalue weighted by Gasteiger charge is 2.28. The van der Waals surface area contributed by atoms with Crippen LogP contribution in [0.1, 0.15) is 35.8 Å². The van der Waals surface area contributed by atoms with Crippen LogP contribution in [0.2, 0.25) is 0 Å². The summed E-state index contributed by atoms with van der Waals surface area (Å²) >= 11 is 0. The van der Waals surface area contributed by atoms with E-state index < -0.39 is 0 Å². The summed E-state index contributed by atoms with van der Waals surface area (Å²) in [6.45, 7) is 3.57. The number of hydrogen-bond donors (Lipinski definition) is 3. The third-order valence-electron chi connectivity index (χ3n) is 5.12. The number of aromatic amines is 1. The van der Waals surface area contributed by atoms with Crippen molar-refractivity contribution in [3.8, 4) is 0 Å². The lowest BCUT2D eigenvalue weighted by atomic mass is 10.0. The number of carbonyl (C=O) groups excluding carboxylic acids is 1. The van der Waals surface area contributed by atoms with Gasteiger partial charge in [0.05, 0.1) is 12.0 Å². The van der Waals surface area contributed by atoms with Crippen LogP contribution in [0.15, 0.2) is 30.6 Å². The van der Waals surface area contributed by atoms with Gasteiger partial charge in [-0.3, -0.25) is 4.79 Å². The molecule has 1 amide bonds. The number of amides is 1. The molecule has 4 rings (SSSR count). The summed E-state index contributed by atoms with van der Waals surface area (Å²) in [4.78, 5) is 22.3. The van der Waals surface area contributed by atoms with Crippen LogP contribution in [-0.2, 0) is 17.6 Å². The van der Waals surface area contributed by atoms with Crippen molar-refractivity contribution in [3.63, 3.8) is 0 Å². The van der Waals surface area contributed by atoms with Crippen LogP contribution in [0.25, 0.3) is 0 Å². The minimum absolute atomic E-state index is 0.0205. The van der Waals surface area contributed by atoms with Crippen molar-refractivity contribution in [2.75, 3.05) is 31.1 Å². The number of para-hydroxylation sites is 1. The van der Waals surface area contributed by atoms with E-state index in [1.165, 1.54) is 24.1 Å².